The van der Waals surface area contributed by atoms with Crippen molar-refractivity contribution >= 4 is 43.7 Å². The summed E-state index contributed by atoms with van der Waals surface area (Å²) in [5, 5.41) is 4.89. The molecule has 0 aliphatic heterocycles. The maximum absolute atomic E-state index is 5.20. The van der Waals surface area contributed by atoms with Gasteiger partial charge in [-0.1, -0.05) is 231 Å². The van der Waals surface area contributed by atoms with Crippen molar-refractivity contribution in [2.75, 3.05) is 0 Å². The number of rotatable bonds is 9. The Labute approximate surface area is 421 Å². The molecule has 0 radical (unpaired) electrons. The summed E-state index contributed by atoms with van der Waals surface area (Å²) in [4.78, 5) is 5.20. The standard InChI is InChI=1S/C70H50N2/c1-70(59-27-13-5-14-28-59)46-57(50-25-11-4-12-26-50)44-58(47-70)68-62-32-18-17-31-61(62)67(56-42-54(48-21-7-2-8-22-48)41-55(43-56)49-23-9-3-10-24-49)64-45-53(39-40-63(64)68)51-35-37-52(38-36-51)69-71-65-33-19-20-34-66(65)72(69)60-29-15-6-16-30-60/h2-45,47H,46H2,1H3/t70-/m0/s1. The molecular weight excluding hydrogens is 869 g/mol. The van der Waals surface area contributed by atoms with Crippen LogP contribution in [0.15, 0.2) is 273 Å². The zero-order valence-electron chi connectivity index (χ0n) is 40.1. The van der Waals surface area contributed by atoms with Gasteiger partial charge in [0.1, 0.15) is 5.82 Å². The average molecular weight is 919 g/mol. The van der Waals surface area contributed by atoms with Crippen molar-refractivity contribution in [1.82, 2.24) is 9.55 Å². The van der Waals surface area contributed by atoms with Crippen LogP contribution in [0.1, 0.15) is 30.0 Å². The molecule has 1 aromatic heterocycles. The van der Waals surface area contributed by atoms with Gasteiger partial charge in [0, 0.05) is 16.7 Å². The third-order valence-electron chi connectivity index (χ3n) is 14.7. The molecule has 1 aliphatic rings. The minimum atomic E-state index is -0.250. The normalized spacial score (nSPS) is 14.6. The molecule has 0 spiro atoms. The molecule has 0 unspecified atom stereocenters. The minimum absolute atomic E-state index is 0.250. The Kier molecular flexibility index (Phi) is 10.7. The lowest BCUT2D eigenvalue weighted by atomic mass is 9.70. The molecule has 1 atom stereocenters. The molecule has 1 heterocycles. The second-order valence-corrected chi connectivity index (χ2v) is 19.4. The lowest BCUT2D eigenvalue weighted by Crippen LogP contribution is -2.22. The number of allylic oxidation sites excluding steroid dienone is 4. The molecule has 1 aliphatic carbocycles. The molecule has 72 heavy (non-hydrogen) atoms. The lowest BCUT2D eigenvalue weighted by molar-refractivity contribution is 0.611. The van der Waals surface area contributed by atoms with Crippen LogP contribution in [0.3, 0.4) is 0 Å². The van der Waals surface area contributed by atoms with Crippen molar-refractivity contribution in [3.8, 4) is 61.6 Å². The van der Waals surface area contributed by atoms with E-state index in [1.807, 2.05) is 0 Å². The van der Waals surface area contributed by atoms with Gasteiger partial charge in [-0.25, -0.2) is 4.98 Å². The van der Waals surface area contributed by atoms with Crippen LogP contribution in [0.5, 0.6) is 0 Å². The van der Waals surface area contributed by atoms with E-state index < -0.39 is 0 Å². The predicted octanol–water partition coefficient (Wildman–Crippen LogP) is 18.5. The quantitative estimate of drug-likeness (QED) is 0.132. The Morgan fingerprint density at radius 1 is 0.375 bits per heavy atom. The van der Waals surface area contributed by atoms with Gasteiger partial charge in [0.25, 0.3) is 0 Å². The fraction of sp³-hybridized carbons (Fsp3) is 0.0429. The molecule has 340 valence electrons. The maximum atomic E-state index is 5.20. The Bertz CT molecular complexity index is 3960. The molecule has 2 heteroatoms. The lowest BCUT2D eigenvalue weighted by Gasteiger charge is -2.33. The first kappa shape index (κ1) is 43.0. The Balaban J connectivity index is 1.06. The Morgan fingerprint density at radius 2 is 0.861 bits per heavy atom. The summed E-state index contributed by atoms with van der Waals surface area (Å²) in [6.07, 6.45) is 5.92. The van der Waals surface area contributed by atoms with E-state index in [2.05, 4.69) is 284 Å². The second-order valence-electron chi connectivity index (χ2n) is 19.4. The van der Waals surface area contributed by atoms with Crippen molar-refractivity contribution in [2.45, 2.75) is 18.8 Å². The first-order valence-corrected chi connectivity index (χ1v) is 25.0. The van der Waals surface area contributed by atoms with Gasteiger partial charge < -0.3 is 0 Å². The summed E-state index contributed by atoms with van der Waals surface area (Å²) in [6.45, 7) is 2.41. The fourth-order valence-corrected chi connectivity index (χ4v) is 11.3. The van der Waals surface area contributed by atoms with Crippen molar-refractivity contribution in [3.05, 3.63) is 290 Å². The highest BCUT2D eigenvalue weighted by Crippen LogP contribution is 2.49. The van der Waals surface area contributed by atoms with Crippen LogP contribution in [0.2, 0.25) is 0 Å². The molecule has 2 nitrogen and oxygen atoms in total. The number of hydrogen-bond donors (Lipinski definition) is 0. The molecule has 12 aromatic rings. The van der Waals surface area contributed by atoms with Crippen LogP contribution in [-0.2, 0) is 5.41 Å². The van der Waals surface area contributed by atoms with E-state index in [1.165, 1.54) is 82.8 Å². The zero-order valence-corrected chi connectivity index (χ0v) is 40.1. The number of imidazole rings is 1. The van der Waals surface area contributed by atoms with Crippen molar-refractivity contribution < 1.29 is 0 Å². The van der Waals surface area contributed by atoms with E-state index in [-0.39, 0.29) is 5.41 Å². The maximum Gasteiger partial charge on any atom is 0.145 e. The van der Waals surface area contributed by atoms with Crippen LogP contribution in [0, 0.1) is 0 Å². The molecule has 0 amide bonds. The van der Waals surface area contributed by atoms with Gasteiger partial charge in [0.05, 0.1) is 11.0 Å². The van der Waals surface area contributed by atoms with E-state index >= 15 is 0 Å². The molecule has 0 bridgehead atoms. The minimum Gasteiger partial charge on any atom is -0.292 e. The summed E-state index contributed by atoms with van der Waals surface area (Å²) in [5.74, 6) is 0.921. The fourth-order valence-electron chi connectivity index (χ4n) is 11.3. The van der Waals surface area contributed by atoms with Crippen LogP contribution in [0.25, 0.3) is 105 Å². The number of fused-ring (bicyclic) bond motifs is 3. The predicted molar refractivity (Wildman–Crippen MR) is 304 cm³/mol. The molecule has 0 N–H and O–H groups in total. The van der Waals surface area contributed by atoms with E-state index in [4.69, 9.17) is 4.98 Å². The highest BCUT2D eigenvalue weighted by Gasteiger charge is 2.31. The number of nitrogens with zero attached hydrogens (tertiary/aromatic N) is 2. The first-order chi connectivity index (χ1) is 35.5. The monoisotopic (exact) mass is 918 g/mol. The van der Waals surface area contributed by atoms with Gasteiger partial charge in [-0.2, -0.15) is 0 Å². The number of aromatic nitrogens is 2. The summed E-state index contributed by atoms with van der Waals surface area (Å²) in [6, 6.07) is 95.0. The van der Waals surface area contributed by atoms with Gasteiger partial charge in [-0.15, -0.1) is 0 Å². The number of hydrogen-bond acceptors (Lipinski definition) is 1. The zero-order chi connectivity index (χ0) is 48.0. The molecule has 0 fully saturated rings. The SMILES string of the molecule is C[C@@]1(c2ccccc2)C=C(c2c3ccccc3c(-c3cc(-c4ccccc4)cc(-c4ccccc4)c3)c3cc(-c4ccc(-c5nc6ccccc6n5-c5ccccc5)cc4)ccc23)C=C(c2ccccc2)C1. The van der Waals surface area contributed by atoms with Gasteiger partial charge in [0.2, 0.25) is 0 Å². The van der Waals surface area contributed by atoms with E-state index in [0.29, 0.717) is 0 Å². The number of benzene rings is 11. The Morgan fingerprint density at radius 3 is 1.51 bits per heavy atom. The van der Waals surface area contributed by atoms with E-state index in [0.717, 1.165) is 45.7 Å². The average Bonchev–Trinajstić information content (AvgIpc) is 3.85. The molecular formula is C70H50N2. The molecule has 11 aromatic carbocycles. The van der Waals surface area contributed by atoms with Crippen molar-refractivity contribution in [3.63, 3.8) is 0 Å². The van der Waals surface area contributed by atoms with Crippen LogP contribution < -0.4 is 0 Å². The van der Waals surface area contributed by atoms with Gasteiger partial charge >= 0.3 is 0 Å². The molecule has 0 saturated heterocycles. The smallest absolute Gasteiger partial charge is 0.145 e. The molecule has 0 saturated carbocycles. The van der Waals surface area contributed by atoms with Crippen molar-refractivity contribution in [1.29, 1.82) is 0 Å². The summed E-state index contributed by atoms with van der Waals surface area (Å²) in [5.41, 5.74) is 19.8. The van der Waals surface area contributed by atoms with E-state index in [9.17, 15) is 0 Å². The summed E-state index contributed by atoms with van der Waals surface area (Å²) < 4.78 is 2.27. The van der Waals surface area contributed by atoms with Gasteiger partial charge in [-0.3, -0.25) is 4.57 Å². The summed E-state index contributed by atoms with van der Waals surface area (Å²) in [7, 11) is 0. The number of para-hydroxylation sites is 3. The van der Waals surface area contributed by atoms with Gasteiger partial charge in [0.15, 0.2) is 0 Å². The first-order valence-electron chi connectivity index (χ1n) is 25.0. The third kappa shape index (κ3) is 7.75. The van der Waals surface area contributed by atoms with Crippen LogP contribution in [0.4, 0.5) is 0 Å². The summed E-state index contributed by atoms with van der Waals surface area (Å²) >= 11 is 0. The topological polar surface area (TPSA) is 17.8 Å². The van der Waals surface area contributed by atoms with Crippen LogP contribution >= 0.6 is 0 Å². The third-order valence-corrected chi connectivity index (χ3v) is 14.7. The second kappa shape index (κ2) is 18.0. The van der Waals surface area contributed by atoms with Crippen molar-refractivity contribution in [2.24, 2.45) is 0 Å². The highest BCUT2D eigenvalue weighted by atomic mass is 15.1. The largest absolute Gasteiger partial charge is 0.292 e. The van der Waals surface area contributed by atoms with Crippen LogP contribution in [-0.4, -0.2) is 9.55 Å². The molecule has 13 rings (SSSR count). The highest BCUT2D eigenvalue weighted by molar-refractivity contribution is 6.21. The van der Waals surface area contributed by atoms with E-state index in [1.54, 1.807) is 0 Å². The van der Waals surface area contributed by atoms with Gasteiger partial charge in [-0.05, 0) is 149 Å². The Hall–Kier alpha value is -9.11.